The Kier molecular flexibility index (Phi) is 5.69. The number of unbranched alkanes of at least 4 members (excludes halogenated alkanes) is 1. The molecule has 0 aliphatic carbocycles. The van der Waals surface area contributed by atoms with Gasteiger partial charge in [0.2, 0.25) is 5.91 Å². The minimum Gasteiger partial charge on any atom is -0.326 e. The van der Waals surface area contributed by atoms with Gasteiger partial charge in [-0.15, -0.1) is 0 Å². The smallest absolute Gasteiger partial charge is 0.266 e. The third kappa shape index (κ3) is 3.77. The molecule has 2 aromatic carbocycles. The van der Waals surface area contributed by atoms with Crippen molar-refractivity contribution in [3.63, 3.8) is 0 Å². The van der Waals surface area contributed by atoms with E-state index in [-0.39, 0.29) is 23.6 Å². The number of nitrogens with zero attached hydrogens (tertiary/aromatic N) is 1. The Labute approximate surface area is 159 Å². The summed E-state index contributed by atoms with van der Waals surface area (Å²) < 4.78 is 0. The van der Waals surface area contributed by atoms with Gasteiger partial charge < -0.3 is 5.32 Å². The van der Waals surface area contributed by atoms with E-state index in [4.69, 9.17) is 0 Å². The number of hydrogen-bond donors (Lipinski definition) is 1. The first-order valence-corrected chi connectivity index (χ1v) is 9.45. The van der Waals surface area contributed by atoms with Crippen molar-refractivity contribution in [3.05, 3.63) is 59.7 Å². The van der Waals surface area contributed by atoms with Crippen molar-refractivity contribution in [2.45, 2.75) is 39.5 Å². The van der Waals surface area contributed by atoms with Crippen LogP contribution in [0.5, 0.6) is 0 Å². The maximum absolute atomic E-state index is 12.6. The molecule has 2 aromatic rings. The summed E-state index contributed by atoms with van der Waals surface area (Å²) in [5.74, 6) is -0.736. The van der Waals surface area contributed by atoms with Gasteiger partial charge in [0.15, 0.2) is 0 Å². The molecule has 0 saturated carbocycles. The van der Waals surface area contributed by atoms with E-state index < -0.39 is 0 Å². The van der Waals surface area contributed by atoms with Crippen LogP contribution in [0.25, 0.3) is 0 Å². The third-order valence-corrected chi connectivity index (χ3v) is 4.94. The molecular formula is C22H24N2O3. The molecular weight excluding hydrogens is 340 g/mol. The second kappa shape index (κ2) is 8.16. The highest BCUT2D eigenvalue weighted by atomic mass is 16.2. The Morgan fingerprint density at radius 3 is 2.26 bits per heavy atom. The monoisotopic (exact) mass is 364 g/mol. The molecule has 3 amide bonds. The molecule has 0 spiro atoms. The van der Waals surface area contributed by atoms with Crippen LogP contribution in [-0.4, -0.2) is 17.7 Å². The van der Waals surface area contributed by atoms with E-state index >= 15 is 0 Å². The Hall–Kier alpha value is -2.95. The Morgan fingerprint density at radius 1 is 1.00 bits per heavy atom. The van der Waals surface area contributed by atoms with Crippen molar-refractivity contribution in [3.8, 4) is 0 Å². The summed E-state index contributed by atoms with van der Waals surface area (Å²) in [5.41, 5.74) is 1.86. The van der Waals surface area contributed by atoms with Gasteiger partial charge in [-0.25, -0.2) is 4.90 Å². The lowest BCUT2D eigenvalue weighted by molar-refractivity contribution is -0.120. The van der Waals surface area contributed by atoms with Crippen molar-refractivity contribution in [1.29, 1.82) is 0 Å². The van der Waals surface area contributed by atoms with E-state index in [2.05, 4.69) is 12.2 Å². The molecule has 5 heteroatoms. The van der Waals surface area contributed by atoms with Crippen LogP contribution >= 0.6 is 0 Å². The molecule has 1 unspecified atom stereocenters. The summed E-state index contributed by atoms with van der Waals surface area (Å²) in [6, 6.07) is 13.7. The molecule has 1 atom stereocenters. The number of fused-ring (bicyclic) bond motifs is 1. The van der Waals surface area contributed by atoms with Crippen LogP contribution in [0.3, 0.4) is 0 Å². The highest BCUT2D eigenvalue weighted by Crippen LogP contribution is 2.30. The highest BCUT2D eigenvalue weighted by Gasteiger charge is 2.36. The molecule has 0 saturated heterocycles. The number of hydrogen-bond acceptors (Lipinski definition) is 3. The zero-order chi connectivity index (χ0) is 19.4. The molecule has 0 bridgehead atoms. The van der Waals surface area contributed by atoms with E-state index in [1.165, 1.54) is 0 Å². The molecule has 140 valence electrons. The summed E-state index contributed by atoms with van der Waals surface area (Å²) in [7, 11) is 0. The molecule has 1 N–H and O–H groups in total. The van der Waals surface area contributed by atoms with Gasteiger partial charge in [-0.1, -0.05) is 44.9 Å². The van der Waals surface area contributed by atoms with Crippen LogP contribution in [0.15, 0.2) is 48.5 Å². The first-order chi connectivity index (χ1) is 13.1. The van der Waals surface area contributed by atoms with Crippen LogP contribution in [0, 0.1) is 5.92 Å². The molecule has 1 aliphatic heterocycles. The predicted octanol–water partition coefficient (Wildman–Crippen LogP) is 4.64. The number of benzene rings is 2. The Balaban J connectivity index is 1.80. The number of rotatable bonds is 7. The number of carbonyl (C=O) groups excluding carboxylic acids is 3. The summed E-state index contributed by atoms with van der Waals surface area (Å²) in [6.07, 6.45) is 3.71. The fourth-order valence-corrected chi connectivity index (χ4v) is 3.36. The van der Waals surface area contributed by atoms with Crippen molar-refractivity contribution in [2.24, 2.45) is 5.92 Å². The normalized spacial score (nSPS) is 14.2. The van der Waals surface area contributed by atoms with Crippen molar-refractivity contribution < 1.29 is 14.4 Å². The van der Waals surface area contributed by atoms with Crippen LogP contribution in [0.1, 0.15) is 60.2 Å². The predicted molar refractivity (Wildman–Crippen MR) is 106 cm³/mol. The van der Waals surface area contributed by atoms with Gasteiger partial charge in [0, 0.05) is 11.6 Å². The topological polar surface area (TPSA) is 66.5 Å². The minimum absolute atomic E-state index is 0.0227. The zero-order valence-electron chi connectivity index (χ0n) is 15.7. The fraction of sp³-hybridized carbons (Fsp3) is 0.318. The Bertz CT molecular complexity index is 840. The number of imide groups is 1. The Morgan fingerprint density at radius 2 is 1.67 bits per heavy atom. The highest BCUT2D eigenvalue weighted by molar-refractivity contribution is 6.34. The van der Waals surface area contributed by atoms with Gasteiger partial charge in [-0.2, -0.15) is 0 Å². The van der Waals surface area contributed by atoms with Gasteiger partial charge >= 0.3 is 0 Å². The quantitative estimate of drug-likeness (QED) is 0.728. The fourth-order valence-electron chi connectivity index (χ4n) is 3.36. The average Bonchev–Trinajstić information content (AvgIpc) is 2.93. The van der Waals surface area contributed by atoms with E-state index in [1.807, 2.05) is 6.92 Å². The van der Waals surface area contributed by atoms with Crippen molar-refractivity contribution >= 4 is 29.1 Å². The number of amides is 3. The van der Waals surface area contributed by atoms with Gasteiger partial charge in [-0.3, -0.25) is 14.4 Å². The lowest BCUT2D eigenvalue weighted by Gasteiger charge is -2.17. The summed E-state index contributed by atoms with van der Waals surface area (Å²) in [4.78, 5) is 39.0. The van der Waals surface area contributed by atoms with E-state index in [1.54, 1.807) is 48.5 Å². The van der Waals surface area contributed by atoms with Gasteiger partial charge in [-0.05, 0) is 43.2 Å². The largest absolute Gasteiger partial charge is 0.326 e. The maximum Gasteiger partial charge on any atom is 0.266 e. The van der Waals surface area contributed by atoms with E-state index in [9.17, 15) is 14.4 Å². The molecule has 3 rings (SSSR count). The summed E-state index contributed by atoms with van der Waals surface area (Å²) in [6.45, 7) is 4.12. The van der Waals surface area contributed by atoms with Crippen molar-refractivity contribution in [2.75, 3.05) is 10.2 Å². The van der Waals surface area contributed by atoms with Gasteiger partial charge in [0.05, 0.1) is 16.8 Å². The van der Waals surface area contributed by atoms with Crippen molar-refractivity contribution in [1.82, 2.24) is 0 Å². The standard InChI is InChI=1S/C22H24N2O3/c1-3-5-9-15(4-2)20(25)23-16-10-8-11-17(14-16)24-21(26)18-12-6-7-13-19(18)22(24)27/h6-8,10-15H,3-5,9H2,1-2H3,(H,23,25). The number of carbonyl (C=O) groups is 3. The lowest BCUT2D eigenvalue weighted by Crippen LogP contribution is -2.29. The summed E-state index contributed by atoms with van der Waals surface area (Å²) >= 11 is 0. The van der Waals surface area contributed by atoms with E-state index in [0.717, 1.165) is 30.6 Å². The SMILES string of the molecule is CCCCC(CC)C(=O)Nc1cccc(N2C(=O)c3ccccc3C2=O)c1. The molecule has 1 aliphatic rings. The second-order valence-electron chi connectivity index (χ2n) is 6.78. The van der Waals surface area contributed by atoms with Crippen LogP contribution < -0.4 is 10.2 Å². The van der Waals surface area contributed by atoms with Crippen LogP contribution in [0.4, 0.5) is 11.4 Å². The molecule has 0 fully saturated rings. The van der Waals surface area contributed by atoms with Gasteiger partial charge in [0.1, 0.15) is 0 Å². The number of nitrogens with one attached hydrogen (secondary N) is 1. The molecule has 5 nitrogen and oxygen atoms in total. The lowest BCUT2D eigenvalue weighted by atomic mass is 9.98. The summed E-state index contributed by atoms with van der Waals surface area (Å²) in [5, 5.41) is 2.93. The molecule has 0 radical (unpaired) electrons. The van der Waals surface area contributed by atoms with Crippen LogP contribution in [-0.2, 0) is 4.79 Å². The second-order valence-corrected chi connectivity index (χ2v) is 6.78. The average molecular weight is 364 g/mol. The molecule has 1 heterocycles. The minimum atomic E-state index is -0.339. The third-order valence-electron chi connectivity index (χ3n) is 4.94. The van der Waals surface area contributed by atoms with Crippen LogP contribution in [0.2, 0.25) is 0 Å². The number of anilines is 2. The molecule has 27 heavy (non-hydrogen) atoms. The first kappa shape index (κ1) is 18.8. The first-order valence-electron chi connectivity index (χ1n) is 9.45. The zero-order valence-corrected chi connectivity index (χ0v) is 15.7. The maximum atomic E-state index is 12.6. The van der Waals surface area contributed by atoms with Gasteiger partial charge in [0.25, 0.3) is 11.8 Å². The van der Waals surface area contributed by atoms with E-state index in [0.29, 0.717) is 22.5 Å². The molecule has 0 aromatic heterocycles.